The van der Waals surface area contributed by atoms with Gasteiger partial charge in [0.05, 0.1) is 0 Å². The van der Waals surface area contributed by atoms with Gasteiger partial charge in [-0.3, -0.25) is 0 Å². The average Bonchev–Trinajstić information content (AvgIpc) is 3.24. The molecule has 0 bridgehead atoms. The molecule has 0 radical (unpaired) electrons. The van der Waals surface area contributed by atoms with Crippen LogP contribution >= 0.6 is 0 Å². The second-order valence-corrected chi connectivity index (χ2v) is 6.49. The summed E-state index contributed by atoms with van der Waals surface area (Å²) in [4.78, 5) is 9.43. The van der Waals surface area contributed by atoms with Crippen LogP contribution < -0.4 is 10.6 Å². The molecule has 3 rings (SSSR count). The summed E-state index contributed by atoms with van der Waals surface area (Å²) < 4.78 is 0. The van der Waals surface area contributed by atoms with Crippen molar-refractivity contribution in [1.82, 2.24) is 9.97 Å². The highest BCUT2D eigenvalue weighted by molar-refractivity contribution is 5.57. The van der Waals surface area contributed by atoms with Crippen LogP contribution in [0.3, 0.4) is 0 Å². The van der Waals surface area contributed by atoms with Gasteiger partial charge in [0.2, 0.25) is 0 Å². The molecule has 110 valence electrons. The Bertz CT molecular complexity index is 484. The smallest absolute Gasteiger partial charge is 0.136 e. The van der Waals surface area contributed by atoms with E-state index in [2.05, 4.69) is 29.5 Å². The van der Waals surface area contributed by atoms with Crippen molar-refractivity contribution < 1.29 is 0 Å². The van der Waals surface area contributed by atoms with Crippen LogP contribution in [0.25, 0.3) is 0 Å². The second-order valence-electron chi connectivity index (χ2n) is 6.49. The SMILES string of the molecule is CCC1(CNc2nc(C3CC3)nc(NC)c2C)CCC1. The van der Waals surface area contributed by atoms with E-state index in [0.717, 1.165) is 29.6 Å². The lowest BCUT2D eigenvalue weighted by Gasteiger charge is -2.41. The fourth-order valence-corrected chi connectivity index (χ4v) is 3.08. The van der Waals surface area contributed by atoms with Gasteiger partial charge in [0.15, 0.2) is 0 Å². The highest BCUT2D eigenvalue weighted by Crippen LogP contribution is 2.44. The number of anilines is 2. The summed E-state index contributed by atoms with van der Waals surface area (Å²) in [6.45, 7) is 5.46. The van der Waals surface area contributed by atoms with Crippen LogP contribution in [0, 0.1) is 12.3 Å². The van der Waals surface area contributed by atoms with E-state index < -0.39 is 0 Å². The summed E-state index contributed by atoms with van der Waals surface area (Å²) in [5, 5.41) is 6.82. The minimum absolute atomic E-state index is 0.511. The first-order chi connectivity index (χ1) is 9.67. The first-order valence-corrected chi connectivity index (χ1v) is 7.97. The molecule has 1 aromatic heterocycles. The van der Waals surface area contributed by atoms with Gasteiger partial charge in [-0.2, -0.15) is 0 Å². The van der Waals surface area contributed by atoms with E-state index >= 15 is 0 Å². The molecule has 4 heteroatoms. The van der Waals surface area contributed by atoms with Gasteiger partial charge in [0.25, 0.3) is 0 Å². The Hall–Kier alpha value is -1.32. The molecule has 1 aromatic rings. The van der Waals surface area contributed by atoms with Gasteiger partial charge in [-0.15, -0.1) is 0 Å². The molecule has 2 N–H and O–H groups in total. The number of hydrogen-bond acceptors (Lipinski definition) is 4. The number of nitrogens with one attached hydrogen (secondary N) is 2. The molecular weight excluding hydrogens is 248 g/mol. The van der Waals surface area contributed by atoms with E-state index in [9.17, 15) is 0 Å². The molecule has 20 heavy (non-hydrogen) atoms. The lowest BCUT2D eigenvalue weighted by molar-refractivity contribution is 0.145. The molecule has 0 unspecified atom stereocenters. The first kappa shape index (κ1) is 13.7. The van der Waals surface area contributed by atoms with Gasteiger partial charge in [-0.1, -0.05) is 13.3 Å². The summed E-state index contributed by atoms with van der Waals surface area (Å²) in [5.41, 5.74) is 1.65. The number of aromatic nitrogens is 2. The van der Waals surface area contributed by atoms with Gasteiger partial charge >= 0.3 is 0 Å². The van der Waals surface area contributed by atoms with E-state index in [0.29, 0.717) is 11.3 Å². The molecule has 0 spiro atoms. The molecule has 1 heterocycles. The van der Waals surface area contributed by atoms with Crippen LogP contribution in [0.5, 0.6) is 0 Å². The minimum Gasteiger partial charge on any atom is -0.373 e. The molecule has 2 aliphatic rings. The zero-order chi connectivity index (χ0) is 14.2. The zero-order valence-corrected chi connectivity index (χ0v) is 12.9. The molecule has 2 fully saturated rings. The Balaban J connectivity index is 1.78. The Kier molecular flexibility index (Phi) is 3.57. The summed E-state index contributed by atoms with van der Waals surface area (Å²) in [6.07, 6.45) is 7.84. The highest BCUT2D eigenvalue weighted by atomic mass is 15.1. The standard InChI is InChI=1S/C16H26N4/c1-4-16(8-5-9-16)10-18-14-11(2)13(17-3)19-15(20-14)12-6-7-12/h12H,4-10H2,1-3H3,(H2,17,18,19,20). The van der Waals surface area contributed by atoms with Gasteiger partial charge in [0.1, 0.15) is 17.5 Å². The molecule has 2 aliphatic carbocycles. The van der Waals surface area contributed by atoms with E-state index in [-0.39, 0.29) is 0 Å². The van der Waals surface area contributed by atoms with Crippen LogP contribution in [-0.2, 0) is 0 Å². The van der Waals surface area contributed by atoms with Crippen molar-refractivity contribution in [2.24, 2.45) is 5.41 Å². The summed E-state index contributed by atoms with van der Waals surface area (Å²) in [5.74, 6) is 3.61. The van der Waals surface area contributed by atoms with Crippen molar-refractivity contribution in [2.45, 2.75) is 58.3 Å². The maximum atomic E-state index is 4.78. The Morgan fingerprint density at radius 3 is 2.40 bits per heavy atom. The third kappa shape index (κ3) is 2.48. The van der Waals surface area contributed by atoms with Crippen molar-refractivity contribution in [2.75, 3.05) is 24.2 Å². The van der Waals surface area contributed by atoms with Crippen molar-refractivity contribution in [1.29, 1.82) is 0 Å². The molecule has 0 amide bonds. The van der Waals surface area contributed by atoms with E-state index in [1.807, 2.05) is 7.05 Å². The number of rotatable bonds is 6. The highest BCUT2D eigenvalue weighted by Gasteiger charge is 2.35. The van der Waals surface area contributed by atoms with Crippen molar-refractivity contribution in [3.8, 4) is 0 Å². The average molecular weight is 274 g/mol. The molecule has 0 aromatic carbocycles. The fraction of sp³-hybridized carbons (Fsp3) is 0.750. The van der Waals surface area contributed by atoms with Crippen LogP contribution in [0.2, 0.25) is 0 Å². The van der Waals surface area contributed by atoms with Crippen molar-refractivity contribution in [3.05, 3.63) is 11.4 Å². The van der Waals surface area contributed by atoms with Crippen molar-refractivity contribution in [3.63, 3.8) is 0 Å². The molecule has 4 nitrogen and oxygen atoms in total. The van der Waals surface area contributed by atoms with Crippen LogP contribution in [-0.4, -0.2) is 23.6 Å². The summed E-state index contributed by atoms with van der Waals surface area (Å²) >= 11 is 0. The second kappa shape index (κ2) is 5.23. The largest absolute Gasteiger partial charge is 0.373 e. The minimum atomic E-state index is 0.511. The third-order valence-corrected chi connectivity index (χ3v) is 5.14. The Morgan fingerprint density at radius 1 is 1.20 bits per heavy atom. The van der Waals surface area contributed by atoms with Gasteiger partial charge in [-0.25, -0.2) is 9.97 Å². The quantitative estimate of drug-likeness (QED) is 0.830. The predicted molar refractivity (Wildman–Crippen MR) is 83.4 cm³/mol. The summed E-state index contributed by atoms with van der Waals surface area (Å²) in [6, 6.07) is 0. The molecule has 2 saturated carbocycles. The van der Waals surface area contributed by atoms with E-state index in [1.165, 1.54) is 38.5 Å². The maximum absolute atomic E-state index is 4.78. The maximum Gasteiger partial charge on any atom is 0.136 e. The zero-order valence-electron chi connectivity index (χ0n) is 12.9. The Labute approximate surface area is 121 Å². The number of hydrogen-bond donors (Lipinski definition) is 2. The molecular formula is C16H26N4. The van der Waals surface area contributed by atoms with Crippen LogP contribution in [0.1, 0.15) is 62.8 Å². The molecule has 0 atom stereocenters. The number of nitrogens with zero attached hydrogens (tertiary/aromatic N) is 2. The van der Waals surface area contributed by atoms with Gasteiger partial charge in [0, 0.05) is 25.1 Å². The lowest BCUT2D eigenvalue weighted by atomic mass is 9.67. The normalized spacial score (nSPS) is 20.4. The van der Waals surface area contributed by atoms with Crippen LogP contribution in [0.15, 0.2) is 0 Å². The predicted octanol–water partition coefficient (Wildman–Crippen LogP) is 3.70. The third-order valence-electron chi connectivity index (χ3n) is 5.14. The van der Waals surface area contributed by atoms with Gasteiger partial charge in [-0.05, 0) is 44.4 Å². The van der Waals surface area contributed by atoms with E-state index in [1.54, 1.807) is 0 Å². The topological polar surface area (TPSA) is 49.8 Å². The Morgan fingerprint density at radius 2 is 1.90 bits per heavy atom. The monoisotopic (exact) mass is 274 g/mol. The lowest BCUT2D eigenvalue weighted by Crippen LogP contribution is -2.36. The molecule has 0 saturated heterocycles. The molecule has 0 aliphatic heterocycles. The van der Waals surface area contributed by atoms with Crippen molar-refractivity contribution >= 4 is 11.6 Å². The first-order valence-electron chi connectivity index (χ1n) is 7.97. The van der Waals surface area contributed by atoms with Crippen LogP contribution in [0.4, 0.5) is 11.6 Å². The fourth-order valence-electron chi connectivity index (χ4n) is 3.08. The van der Waals surface area contributed by atoms with E-state index in [4.69, 9.17) is 4.98 Å². The summed E-state index contributed by atoms with van der Waals surface area (Å²) in [7, 11) is 1.94. The van der Waals surface area contributed by atoms with Gasteiger partial charge < -0.3 is 10.6 Å².